The van der Waals surface area contributed by atoms with E-state index in [4.69, 9.17) is 0 Å². The predicted octanol–water partition coefficient (Wildman–Crippen LogP) is 2.70. The van der Waals surface area contributed by atoms with Gasteiger partial charge in [0.15, 0.2) is 11.4 Å². The fraction of sp³-hybridized carbons (Fsp3) is 0.583. The zero-order valence-electron chi connectivity index (χ0n) is 9.22. The first kappa shape index (κ1) is 10.2. The van der Waals surface area contributed by atoms with Gasteiger partial charge >= 0.3 is 0 Å². The van der Waals surface area contributed by atoms with E-state index in [-0.39, 0.29) is 0 Å². The highest BCUT2D eigenvalue weighted by atomic mass is 15.0. The minimum Gasteiger partial charge on any atom is -0.200 e. The summed E-state index contributed by atoms with van der Waals surface area (Å²) < 4.78 is 2.40. The highest BCUT2D eigenvalue weighted by Gasteiger charge is 2.09. The van der Waals surface area contributed by atoms with Crippen molar-refractivity contribution in [1.82, 2.24) is 0 Å². The monoisotopic (exact) mass is 178 g/mol. The highest BCUT2D eigenvalue weighted by Crippen LogP contribution is 2.02. The number of pyridine rings is 1. The van der Waals surface area contributed by atoms with Gasteiger partial charge in [0.05, 0.1) is 0 Å². The maximum atomic E-state index is 2.40. The van der Waals surface area contributed by atoms with E-state index < -0.39 is 0 Å². The predicted molar refractivity (Wildman–Crippen MR) is 55.8 cm³/mol. The van der Waals surface area contributed by atoms with Gasteiger partial charge in [0.1, 0.15) is 6.54 Å². The highest BCUT2D eigenvalue weighted by molar-refractivity contribution is 5.13. The molecule has 0 fully saturated rings. The van der Waals surface area contributed by atoms with Gasteiger partial charge in [-0.15, -0.1) is 0 Å². The molecular formula is C12H20N+. The normalized spacial score (nSPS) is 10.5. The van der Waals surface area contributed by atoms with Crippen molar-refractivity contribution in [3.05, 3.63) is 29.1 Å². The van der Waals surface area contributed by atoms with Gasteiger partial charge in [0.2, 0.25) is 0 Å². The van der Waals surface area contributed by atoms with Gasteiger partial charge in [0, 0.05) is 32.4 Å². The molecule has 13 heavy (non-hydrogen) atoms. The quantitative estimate of drug-likeness (QED) is 0.627. The molecule has 0 atom stereocenters. The summed E-state index contributed by atoms with van der Waals surface area (Å²) in [5.74, 6) is 0. The fourth-order valence-corrected chi connectivity index (χ4v) is 1.80. The van der Waals surface area contributed by atoms with Crippen molar-refractivity contribution in [2.45, 2.75) is 47.1 Å². The third-order valence-electron chi connectivity index (χ3n) is 2.46. The number of hydrogen-bond acceptors (Lipinski definition) is 0. The number of aromatic nitrogens is 1. The zero-order chi connectivity index (χ0) is 9.84. The van der Waals surface area contributed by atoms with Crippen molar-refractivity contribution in [3.63, 3.8) is 0 Å². The van der Waals surface area contributed by atoms with E-state index >= 15 is 0 Å². The third-order valence-corrected chi connectivity index (χ3v) is 2.46. The summed E-state index contributed by atoms with van der Waals surface area (Å²) in [7, 11) is 0. The molecule has 1 aromatic heterocycles. The van der Waals surface area contributed by atoms with Gasteiger partial charge < -0.3 is 0 Å². The van der Waals surface area contributed by atoms with E-state index in [0.29, 0.717) is 0 Å². The van der Waals surface area contributed by atoms with Crippen molar-refractivity contribution < 1.29 is 4.57 Å². The van der Waals surface area contributed by atoms with Crippen molar-refractivity contribution in [3.8, 4) is 0 Å². The largest absolute Gasteiger partial charge is 0.200 e. The molecule has 0 aliphatic heterocycles. The molecule has 0 aliphatic carbocycles. The van der Waals surface area contributed by atoms with Crippen LogP contribution in [0.4, 0.5) is 0 Å². The van der Waals surface area contributed by atoms with Crippen LogP contribution in [0.1, 0.15) is 36.7 Å². The van der Waals surface area contributed by atoms with Crippen molar-refractivity contribution in [1.29, 1.82) is 0 Å². The Bertz CT molecular complexity index is 266. The lowest BCUT2D eigenvalue weighted by molar-refractivity contribution is -0.708. The average molecular weight is 178 g/mol. The lowest BCUT2D eigenvalue weighted by Crippen LogP contribution is -2.40. The van der Waals surface area contributed by atoms with E-state index in [1.165, 1.54) is 29.8 Å². The molecule has 0 saturated carbocycles. The van der Waals surface area contributed by atoms with Crippen LogP contribution in [0.5, 0.6) is 0 Å². The van der Waals surface area contributed by atoms with E-state index in [1.807, 2.05) is 0 Å². The minimum absolute atomic E-state index is 1.16. The Morgan fingerprint density at radius 2 is 1.62 bits per heavy atom. The van der Waals surface area contributed by atoms with Crippen LogP contribution in [0.15, 0.2) is 12.1 Å². The van der Waals surface area contributed by atoms with Crippen LogP contribution in [-0.2, 0) is 6.54 Å². The molecule has 72 valence electrons. The molecule has 0 radical (unpaired) electrons. The smallest absolute Gasteiger partial charge is 0.178 e. The molecule has 0 aliphatic rings. The van der Waals surface area contributed by atoms with Gasteiger partial charge in [-0.25, -0.2) is 4.57 Å². The molecular weight excluding hydrogens is 158 g/mol. The summed E-state index contributed by atoms with van der Waals surface area (Å²) in [6, 6.07) is 4.51. The summed E-state index contributed by atoms with van der Waals surface area (Å²) >= 11 is 0. The number of nitrogens with zero attached hydrogens (tertiary/aromatic N) is 1. The molecule has 0 amide bonds. The van der Waals surface area contributed by atoms with Crippen LogP contribution in [0.3, 0.4) is 0 Å². The molecule has 0 N–H and O–H groups in total. The zero-order valence-corrected chi connectivity index (χ0v) is 9.22. The number of unbranched alkanes of at least 4 members (excludes halogenated alkanes) is 1. The molecule has 0 aromatic carbocycles. The van der Waals surface area contributed by atoms with Crippen LogP contribution in [0, 0.1) is 20.8 Å². The third kappa shape index (κ3) is 2.55. The molecule has 1 heteroatoms. The summed E-state index contributed by atoms with van der Waals surface area (Å²) in [5, 5.41) is 0. The second-order valence-corrected chi connectivity index (χ2v) is 3.82. The molecule has 1 rings (SSSR count). The van der Waals surface area contributed by atoms with E-state index in [9.17, 15) is 0 Å². The van der Waals surface area contributed by atoms with Crippen molar-refractivity contribution >= 4 is 0 Å². The van der Waals surface area contributed by atoms with E-state index in [1.54, 1.807) is 0 Å². The maximum Gasteiger partial charge on any atom is 0.178 e. The summed E-state index contributed by atoms with van der Waals surface area (Å²) in [6.45, 7) is 9.93. The lowest BCUT2D eigenvalue weighted by atomic mass is 10.2. The van der Waals surface area contributed by atoms with E-state index in [0.717, 1.165) is 6.54 Å². The summed E-state index contributed by atoms with van der Waals surface area (Å²) in [5.41, 5.74) is 4.12. The van der Waals surface area contributed by atoms with Gasteiger partial charge in [-0.2, -0.15) is 0 Å². The van der Waals surface area contributed by atoms with Crippen molar-refractivity contribution in [2.75, 3.05) is 0 Å². The van der Waals surface area contributed by atoms with Crippen molar-refractivity contribution in [2.24, 2.45) is 0 Å². The number of aryl methyl sites for hydroxylation is 3. The first-order valence-electron chi connectivity index (χ1n) is 5.13. The van der Waals surface area contributed by atoms with Gasteiger partial charge in [-0.3, -0.25) is 0 Å². The molecule has 0 spiro atoms. The molecule has 0 bridgehead atoms. The van der Waals surface area contributed by atoms with Crippen LogP contribution in [0.25, 0.3) is 0 Å². The summed E-state index contributed by atoms with van der Waals surface area (Å²) in [4.78, 5) is 0. The maximum absolute atomic E-state index is 2.40. The van der Waals surface area contributed by atoms with Gasteiger partial charge in [-0.05, 0) is 12.5 Å². The standard InChI is InChI=1S/C12H20N/c1-5-6-7-13-11(3)8-10(2)9-12(13)4/h8-9H,5-7H2,1-4H3/q+1. The van der Waals surface area contributed by atoms with Crippen LogP contribution >= 0.6 is 0 Å². The molecule has 1 heterocycles. The Hall–Kier alpha value is -0.850. The van der Waals surface area contributed by atoms with Crippen LogP contribution in [0.2, 0.25) is 0 Å². The molecule has 1 aromatic rings. The van der Waals surface area contributed by atoms with E-state index in [2.05, 4.69) is 44.4 Å². The summed E-state index contributed by atoms with van der Waals surface area (Å²) in [6.07, 6.45) is 2.54. The Morgan fingerprint density at radius 1 is 1.08 bits per heavy atom. The van der Waals surface area contributed by atoms with Gasteiger partial charge in [0.25, 0.3) is 0 Å². The Kier molecular flexibility index (Phi) is 3.47. The SMILES string of the molecule is CCCC[n+]1c(C)cc(C)cc1C. The number of hydrogen-bond donors (Lipinski definition) is 0. The second-order valence-electron chi connectivity index (χ2n) is 3.82. The minimum atomic E-state index is 1.16. The van der Waals surface area contributed by atoms with Crippen LogP contribution < -0.4 is 4.57 Å². The topological polar surface area (TPSA) is 3.88 Å². The molecule has 0 unspecified atom stereocenters. The van der Waals surface area contributed by atoms with Gasteiger partial charge in [-0.1, -0.05) is 13.3 Å². The van der Waals surface area contributed by atoms with Crippen LogP contribution in [-0.4, -0.2) is 0 Å². The number of rotatable bonds is 3. The first-order valence-corrected chi connectivity index (χ1v) is 5.13. The fourth-order valence-electron chi connectivity index (χ4n) is 1.80. The average Bonchev–Trinajstić information content (AvgIpc) is 2.02. The Morgan fingerprint density at radius 3 is 2.08 bits per heavy atom. The second kappa shape index (κ2) is 4.40. The lowest BCUT2D eigenvalue weighted by Gasteiger charge is -2.04. The Balaban J connectivity index is 2.92. The first-order chi connectivity index (χ1) is 6.15. The Labute approximate surface area is 81.4 Å². The molecule has 0 saturated heterocycles. The molecule has 1 nitrogen and oxygen atoms in total.